The van der Waals surface area contributed by atoms with E-state index in [-0.39, 0.29) is 0 Å². The second-order valence-corrected chi connectivity index (χ2v) is 9.40. The van der Waals surface area contributed by atoms with Crippen molar-refractivity contribution >= 4 is 0 Å². The van der Waals surface area contributed by atoms with Crippen molar-refractivity contribution in [3.8, 4) is 0 Å². The fourth-order valence-electron chi connectivity index (χ4n) is 4.23. The number of aryl methyl sites for hydroxylation is 1. The molecule has 168 valence electrons. The molecule has 0 N–H and O–H groups in total. The summed E-state index contributed by atoms with van der Waals surface area (Å²) in [5, 5.41) is 0. The number of unbranched alkanes of at least 4 members (excludes halogenated alkanes) is 17. The molecule has 0 bridgehead atoms. The van der Waals surface area contributed by atoms with E-state index in [1.54, 1.807) is 0 Å². The summed E-state index contributed by atoms with van der Waals surface area (Å²) in [5.74, 6) is 0. The summed E-state index contributed by atoms with van der Waals surface area (Å²) < 4.78 is 0. The van der Waals surface area contributed by atoms with Crippen LogP contribution in [-0.4, -0.2) is 25.5 Å². The Labute approximate surface area is 183 Å². The number of hydrogen-bond donors (Lipinski definition) is 0. The van der Waals surface area contributed by atoms with E-state index in [2.05, 4.69) is 49.3 Å². The minimum atomic E-state index is 1.26. The van der Waals surface area contributed by atoms with E-state index >= 15 is 0 Å². The first-order valence-electron chi connectivity index (χ1n) is 13.0. The lowest BCUT2D eigenvalue weighted by molar-refractivity contribution is 0.389. The minimum absolute atomic E-state index is 1.26. The SMILES string of the molecule is CN(C)CCCCCCCCCCCCCCCCCCCCc1ccccc1. The van der Waals surface area contributed by atoms with Crippen LogP contribution in [0.2, 0.25) is 0 Å². The van der Waals surface area contributed by atoms with Crippen molar-refractivity contribution in [2.75, 3.05) is 20.6 Å². The van der Waals surface area contributed by atoms with Crippen molar-refractivity contribution in [1.82, 2.24) is 4.90 Å². The van der Waals surface area contributed by atoms with E-state index in [0.29, 0.717) is 0 Å². The van der Waals surface area contributed by atoms with Gasteiger partial charge in [-0.3, -0.25) is 0 Å². The zero-order valence-corrected chi connectivity index (χ0v) is 20.0. The fraction of sp³-hybridized carbons (Fsp3) is 0.786. The molecule has 29 heavy (non-hydrogen) atoms. The molecule has 0 amide bonds. The predicted molar refractivity (Wildman–Crippen MR) is 132 cm³/mol. The Morgan fingerprint density at radius 2 is 0.793 bits per heavy atom. The monoisotopic (exact) mass is 401 g/mol. The molecule has 0 unspecified atom stereocenters. The van der Waals surface area contributed by atoms with Crippen LogP contribution in [0.1, 0.15) is 121 Å². The van der Waals surface area contributed by atoms with E-state index < -0.39 is 0 Å². The highest BCUT2D eigenvalue weighted by Gasteiger charge is 1.96. The number of rotatable bonds is 21. The lowest BCUT2D eigenvalue weighted by Gasteiger charge is -2.08. The summed E-state index contributed by atoms with van der Waals surface area (Å²) in [6.07, 6.45) is 27.3. The standard InChI is InChI=1S/C28H51N/c1-29(2)27-23-18-16-14-12-10-8-6-4-3-5-7-9-11-13-15-17-20-24-28-25-21-19-22-26-28/h19,21-22,25-26H,3-18,20,23-24,27H2,1-2H3. The van der Waals surface area contributed by atoms with Crippen LogP contribution in [0.5, 0.6) is 0 Å². The third kappa shape index (κ3) is 18.9. The van der Waals surface area contributed by atoms with Gasteiger partial charge in [0.2, 0.25) is 0 Å². The van der Waals surface area contributed by atoms with Gasteiger partial charge in [-0.15, -0.1) is 0 Å². The summed E-state index contributed by atoms with van der Waals surface area (Å²) in [6.45, 7) is 1.26. The Hall–Kier alpha value is -0.820. The van der Waals surface area contributed by atoms with Gasteiger partial charge in [0.1, 0.15) is 0 Å². The molecular formula is C28H51N. The lowest BCUT2D eigenvalue weighted by atomic mass is 10.0. The van der Waals surface area contributed by atoms with Crippen molar-refractivity contribution in [2.45, 2.75) is 122 Å². The highest BCUT2D eigenvalue weighted by atomic mass is 15.0. The van der Waals surface area contributed by atoms with Gasteiger partial charge in [-0.05, 0) is 45.5 Å². The van der Waals surface area contributed by atoms with Crippen LogP contribution in [0.4, 0.5) is 0 Å². The molecule has 0 saturated carbocycles. The Bertz CT molecular complexity index is 425. The highest BCUT2D eigenvalue weighted by molar-refractivity contribution is 5.14. The van der Waals surface area contributed by atoms with E-state index in [1.165, 1.54) is 134 Å². The molecule has 0 aliphatic heterocycles. The zero-order chi connectivity index (χ0) is 20.8. The largest absolute Gasteiger partial charge is 0.309 e. The number of benzene rings is 1. The summed E-state index contributed by atoms with van der Waals surface area (Å²) in [4.78, 5) is 2.30. The van der Waals surface area contributed by atoms with Gasteiger partial charge in [0.15, 0.2) is 0 Å². The molecule has 0 spiro atoms. The van der Waals surface area contributed by atoms with Crippen molar-refractivity contribution in [3.05, 3.63) is 35.9 Å². The van der Waals surface area contributed by atoms with Gasteiger partial charge in [-0.1, -0.05) is 133 Å². The maximum absolute atomic E-state index is 2.30. The normalized spacial score (nSPS) is 11.4. The Morgan fingerprint density at radius 3 is 1.17 bits per heavy atom. The van der Waals surface area contributed by atoms with Gasteiger partial charge < -0.3 is 4.90 Å². The molecule has 0 aliphatic rings. The van der Waals surface area contributed by atoms with Crippen LogP contribution >= 0.6 is 0 Å². The molecule has 0 saturated heterocycles. The van der Waals surface area contributed by atoms with Crippen molar-refractivity contribution in [2.24, 2.45) is 0 Å². The molecule has 1 nitrogen and oxygen atoms in total. The third-order valence-corrected chi connectivity index (χ3v) is 6.16. The summed E-state index contributed by atoms with van der Waals surface area (Å²) in [7, 11) is 4.35. The van der Waals surface area contributed by atoms with Crippen molar-refractivity contribution in [1.29, 1.82) is 0 Å². The topological polar surface area (TPSA) is 3.24 Å². The molecule has 0 radical (unpaired) electrons. The molecule has 0 aliphatic carbocycles. The van der Waals surface area contributed by atoms with Crippen LogP contribution < -0.4 is 0 Å². The first-order valence-corrected chi connectivity index (χ1v) is 13.0. The molecule has 0 atom stereocenters. The summed E-state index contributed by atoms with van der Waals surface area (Å²) in [5.41, 5.74) is 1.50. The lowest BCUT2D eigenvalue weighted by Crippen LogP contribution is -2.12. The highest BCUT2D eigenvalue weighted by Crippen LogP contribution is 2.15. The van der Waals surface area contributed by atoms with Gasteiger partial charge >= 0.3 is 0 Å². The quantitative estimate of drug-likeness (QED) is 0.186. The maximum atomic E-state index is 2.30. The summed E-state index contributed by atoms with van der Waals surface area (Å²) >= 11 is 0. The van der Waals surface area contributed by atoms with Crippen LogP contribution in [-0.2, 0) is 6.42 Å². The van der Waals surface area contributed by atoms with E-state index in [9.17, 15) is 0 Å². The molecule has 0 aromatic heterocycles. The average molecular weight is 402 g/mol. The first kappa shape index (κ1) is 26.2. The van der Waals surface area contributed by atoms with E-state index in [1.807, 2.05) is 0 Å². The zero-order valence-electron chi connectivity index (χ0n) is 20.0. The van der Waals surface area contributed by atoms with Crippen molar-refractivity contribution in [3.63, 3.8) is 0 Å². The summed E-state index contributed by atoms with van der Waals surface area (Å²) in [6, 6.07) is 10.9. The Kier molecular flexibility index (Phi) is 18.5. The molecule has 1 heteroatoms. The second-order valence-electron chi connectivity index (χ2n) is 9.40. The van der Waals surface area contributed by atoms with E-state index in [0.717, 1.165) is 0 Å². The van der Waals surface area contributed by atoms with Gasteiger partial charge in [-0.25, -0.2) is 0 Å². The average Bonchev–Trinajstić information content (AvgIpc) is 2.73. The number of hydrogen-bond acceptors (Lipinski definition) is 1. The molecule has 1 rings (SSSR count). The van der Waals surface area contributed by atoms with Crippen molar-refractivity contribution < 1.29 is 0 Å². The second kappa shape index (κ2) is 20.5. The van der Waals surface area contributed by atoms with Crippen LogP contribution in [0.25, 0.3) is 0 Å². The minimum Gasteiger partial charge on any atom is -0.309 e. The predicted octanol–water partition coefficient (Wildman–Crippen LogP) is 8.81. The third-order valence-electron chi connectivity index (χ3n) is 6.16. The van der Waals surface area contributed by atoms with E-state index in [4.69, 9.17) is 0 Å². The van der Waals surface area contributed by atoms with Crippen LogP contribution in [0, 0.1) is 0 Å². The first-order chi connectivity index (χ1) is 14.3. The molecule has 1 aromatic rings. The van der Waals surface area contributed by atoms with Crippen LogP contribution in [0.15, 0.2) is 30.3 Å². The Balaban J connectivity index is 1.67. The Morgan fingerprint density at radius 1 is 0.448 bits per heavy atom. The molecule has 0 fully saturated rings. The van der Waals surface area contributed by atoms with Crippen LogP contribution in [0.3, 0.4) is 0 Å². The van der Waals surface area contributed by atoms with Gasteiger partial charge in [0, 0.05) is 0 Å². The molecular weight excluding hydrogens is 350 g/mol. The molecule has 0 heterocycles. The fourth-order valence-corrected chi connectivity index (χ4v) is 4.23. The smallest absolute Gasteiger partial charge is 0.00248 e. The number of nitrogens with zero attached hydrogens (tertiary/aromatic N) is 1. The van der Waals surface area contributed by atoms with Gasteiger partial charge in [0.25, 0.3) is 0 Å². The maximum Gasteiger partial charge on any atom is -0.00248 e. The van der Waals surface area contributed by atoms with Gasteiger partial charge in [0.05, 0.1) is 0 Å². The van der Waals surface area contributed by atoms with Gasteiger partial charge in [-0.2, -0.15) is 0 Å². The molecule has 1 aromatic carbocycles.